The highest BCUT2D eigenvalue weighted by atomic mass is 16.1. The lowest BCUT2D eigenvalue weighted by molar-refractivity contribution is -0.125. The van der Waals surface area contributed by atoms with Crippen molar-refractivity contribution in [2.24, 2.45) is 5.92 Å². The van der Waals surface area contributed by atoms with Gasteiger partial charge in [-0.1, -0.05) is 13.3 Å². The molecule has 26 heavy (non-hydrogen) atoms. The molecular weight excluding hydrogens is 330 g/mol. The summed E-state index contributed by atoms with van der Waals surface area (Å²) in [6.07, 6.45) is 6.30. The van der Waals surface area contributed by atoms with Crippen LogP contribution in [0.3, 0.4) is 0 Å². The normalized spacial score (nSPS) is 16.2. The molecule has 140 valence electrons. The van der Waals surface area contributed by atoms with Crippen LogP contribution in [-0.2, 0) is 24.2 Å². The number of carbonyl (C=O) groups excluding carboxylic acids is 1. The SMILES string of the molecule is CCCCc1nc(C)cc(NCCNC(=O)C2CCc3ncnn3C2)n1. The molecule has 1 unspecified atom stereocenters. The van der Waals surface area contributed by atoms with E-state index in [1.54, 1.807) is 6.33 Å². The van der Waals surface area contributed by atoms with Gasteiger partial charge in [0.2, 0.25) is 5.91 Å². The first-order valence-corrected chi connectivity index (χ1v) is 9.38. The van der Waals surface area contributed by atoms with E-state index < -0.39 is 0 Å². The Morgan fingerprint density at radius 2 is 2.23 bits per heavy atom. The highest BCUT2D eigenvalue weighted by molar-refractivity contribution is 5.78. The van der Waals surface area contributed by atoms with Gasteiger partial charge in [-0.15, -0.1) is 0 Å². The third-order valence-electron chi connectivity index (χ3n) is 4.56. The Labute approximate surface area is 153 Å². The summed E-state index contributed by atoms with van der Waals surface area (Å²) in [7, 11) is 0. The fourth-order valence-corrected chi connectivity index (χ4v) is 3.14. The molecule has 2 aromatic heterocycles. The van der Waals surface area contributed by atoms with E-state index in [1.165, 1.54) is 0 Å². The minimum Gasteiger partial charge on any atom is -0.368 e. The van der Waals surface area contributed by atoms with Gasteiger partial charge in [0.1, 0.15) is 23.8 Å². The van der Waals surface area contributed by atoms with Crippen LogP contribution in [0.15, 0.2) is 12.4 Å². The highest BCUT2D eigenvalue weighted by Crippen LogP contribution is 2.17. The molecule has 0 radical (unpaired) electrons. The van der Waals surface area contributed by atoms with Crippen LogP contribution in [-0.4, -0.2) is 43.7 Å². The van der Waals surface area contributed by atoms with E-state index >= 15 is 0 Å². The van der Waals surface area contributed by atoms with Crippen LogP contribution in [0.2, 0.25) is 0 Å². The number of rotatable bonds is 8. The number of fused-ring (bicyclic) bond motifs is 1. The summed E-state index contributed by atoms with van der Waals surface area (Å²) in [5.74, 6) is 2.71. The lowest BCUT2D eigenvalue weighted by atomic mass is 9.99. The number of aromatic nitrogens is 5. The molecule has 0 spiro atoms. The van der Waals surface area contributed by atoms with Crippen LogP contribution in [0.25, 0.3) is 0 Å². The maximum Gasteiger partial charge on any atom is 0.225 e. The molecule has 0 aliphatic carbocycles. The minimum absolute atomic E-state index is 0.0360. The maximum absolute atomic E-state index is 12.3. The number of hydrogen-bond donors (Lipinski definition) is 2. The average molecular weight is 357 g/mol. The van der Waals surface area contributed by atoms with Gasteiger partial charge >= 0.3 is 0 Å². The van der Waals surface area contributed by atoms with E-state index in [0.29, 0.717) is 19.6 Å². The second-order valence-corrected chi connectivity index (χ2v) is 6.73. The summed E-state index contributed by atoms with van der Waals surface area (Å²) in [6.45, 7) is 5.95. The van der Waals surface area contributed by atoms with E-state index in [2.05, 4.69) is 37.6 Å². The number of amides is 1. The number of aryl methyl sites for hydroxylation is 3. The summed E-state index contributed by atoms with van der Waals surface area (Å²) in [5, 5.41) is 10.4. The molecule has 1 amide bonds. The maximum atomic E-state index is 12.3. The zero-order chi connectivity index (χ0) is 18.4. The van der Waals surface area contributed by atoms with Crippen LogP contribution in [0.4, 0.5) is 5.82 Å². The summed E-state index contributed by atoms with van der Waals surface area (Å²) < 4.78 is 1.83. The van der Waals surface area contributed by atoms with Gasteiger partial charge < -0.3 is 10.6 Å². The molecule has 0 bridgehead atoms. The van der Waals surface area contributed by atoms with Gasteiger partial charge in [0.05, 0.1) is 12.5 Å². The molecule has 0 fully saturated rings. The fourth-order valence-electron chi connectivity index (χ4n) is 3.14. The molecule has 0 aromatic carbocycles. The van der Waals surface area contributed by atoms with Gasteiger partial charge in [-0.3, -0.25) is 4.79 Å². The summed E-state index contributed by atoms with van der Waals surface area (Å²) in [4.78, 5) is 25.5. The van der Waals surface area contributed by atoms with Crippen molar-refractivity contribution in [3.05, 3.63) is 29.7 Å². The van der Waals surface area contributed by atoms with Crippen LogP contribution in [0.5, 0.6) is 0 Å². The van der Waals surface area contributed by atoms with Crippen LogP contribution in [0.1, 0.15) is 43.5 Å². The summed E-state index contributed by atoms with van der Waals surface area (Å²) >= 11 is 0. The summed E-state index contributed by atoms with van der Waals surface area (Å²) in [5.41, 5.74) is 0.962. The zero-order valence-electron chi connectivity index (χ0n) is 15.5. The number of carbonyl (C=O) groups is 1. The van der Waals surface area contributed by atoms with Gasteiger partial charge in [-0.2, -0.15) is 5.10 Å². The zero-order valence-corrected chi connectivity index (χ0v) is 15.5. The molecule has 1 atom stereocenters. The van der Waals surface area contributed by atoms with Gasteiger partial charge in [-0.25, -0.2) is 19.6 Å². The molecule has 1 aliphatic rings. The van der Waals surface area contributed by atoms with Crippen LogP contribution in [0, 0.1) is 12.8 Å². The second kappa shape index (κ2) is 8.73. The Morgan fingerprint density at radius 3 is 3.08 bits per heavy atom. The van der Waals surface area contributed by atoms with Gasteiger partial charge in [0.25, 0.3) is 0 Å². The molecule has 2 N–H and O–H groups in total. The monoisotopic (exact) mass is 357 g/mol. The minimum atomic E-state index is -0.0360. The molecule has 3 heterocycles. The number of nitrogens with zero attached hydrogens (tertiary/aromatic N) is 5. The third kappa shape index (κ3) is 4.77. The van der Waals surface area contributed by atoms with Crippen molar-refractivity contribution in [3.8, 4) is 0 Å². The quantitative estimate of drug-likeness (QED) is 0.695. The lowest BCUT2D eigenvalue weighted by Gasteiger charge is -2.21. The molecule has 8 heteroatoms. The second-order valence-electron chi connectivity index (χ2n) is 6.73. The Bertz CT molecular complexity index is 743. The van der Waals surface area contributed by atoms with Crippen molar-refractivity contribution < 1.29 is 4.79 Å². The van der Waals surface area contributed by atoms with Gasteiger partial charge in [-0.05, 0) is 19.8 Å². The first-order chi connectivity index (χ1) is 12.7. The topological polar surface area (TPSA) is 97.6 Å². The third-order valence-corrected chi connectivity index (χ3v) is 4.56. The van der Waals surface area contributed by atoms with Crippen molar-refractivity contribution in [2.45, 2.75) is 52.5 Å². The molecule has 1 aliphatic heterocycles. The molecule has 2 aromatic rings. The predicted octanol–water partition coefficient (Wildman–Crippen LogP) is 1.51. The highest BCUT2D eigenvalue weighted by Gasteiger charge is 2.25. The molecule has 3 rings (SSSR count). The van der Waals surface area contributed by atoms with Crippen molar-refractivity contribution in [1.29, 1.82) is 0 Å². The molecular formula is C18H27N7O. The predicted molar refractivity (Wildman–Crippen MR) is 98.7 cm³/mol. The average Bonchev–Trinajstić information content (AvgIpc) is 3.10. The summed E-state index contributed by atoms with van der Waals surface area (Å²) in [6, 6.07) is 1.94. The molecule has 8 nitrogen and oxygen atoms in total. The Hall–Kier alpha value is -2.51. The number of hydrogen-bond acceptors (Lipinski definition) is 6. The Kier molecular flexibility index (Phi) is 6.14. The largest absolute Gasteiger partial charge is 0.368 e. The molecule has 0 saturated carbocycles. The van der Waals surface area contributed by atoms with Crippen LogP contribution < -0.4 is 10.6 Å². The van der Waals surface area contributed by atoms with Gasteiger partial charge in [0.15, 0.2) is 0 Å². The molecule has 0 saturated heterocycles. The number of nitrogens with one attached hydrogen (secondary N) is 2. The van der Waals surface area contributed by atoms with Crippen molar-refractivity contribution in [1.82, 2.24) is 30.0 Å². The van der Waals surface area contributed by atoms with Crippen molar-refractivity contribution in [2.75, 3.05) is 18.4 Å². The fraction of sp³-hybridized carbons (Fsp3) is 0.611. The van der Waals surface area contributed by atoms with Crippen LogP contribution >= 0.6 is 0 Å². The van der Waals surface area contributed by atoms with E-state index in [1.807, 2.05) is 17.7 Å². The van der Waals surface area contributed by atoms with E-state index in [-0.39, 0.29) is 11.8 Å². The standard InChI is InChI=1S/C18H27N7O/c1-3-4-5-15-23-13(2)10-16(24-15)19-8-9-20-18(26)14-6-7-17-21-12-22-25(17)11-14/h10,12,14H,3-9,11H2,1-2H3,(H,20,26)(H,19,23,24). The lowest BCUT2D eigenvalue weighted by Crippen LogP contribution is -2.38. The van der Waals surface area contributed by atoms with Gasteiger partial charge in [0, 0.05) is 37.7 Å². The van der Waals surface area contributed by atoms with E-state index in [0.717, 1.165) is 55.3 Å². The Balaban J connectivity index is 1.43. The first kappa shape index (κ1) is 18.3. The number of anilines is 1. The smallest absolute Gasteiger partial charge is 0.225 e. The van der Waals surface area contributed by atoms with Crippen molar-refractivity contribution in [3.63, 3.8) is 0 Å². The first-order valence-electron chi connectivity index (χ1n) is 9.38. The van der Waals surface area contributed by atoms with E-state index in [9.17, 15) is 4.79 Å². The number of unbranched alkanes of at least 4 members (excludes halogenated alkanes) is 1. The van der Waals surface area contributed by atoms with Crippen molar-refractivity contribution >= 4 is 11.7 Å². The van der Waals surface area contributed by atoms with E-state index in [4.69, 9.17) is 0 Å². The Morgan fingerprint density at radius 1 is 1.35 bits per heavy atom.